The Labute approximate surface area is 83.9 Å². The first-order valence-corrected chi connectivity index (χ1v) is 5.34. The van der Waals surface area contributed by atoms with Crippen molar-refractivity contribution in [3.63, 3.8) is 0 Å². The van der Waals surface area contributed by atoms with Crippen LogP contribution in [0, 0.1) is 6.92 Å². The van der Waals surface area contributed by atoms with Crippen LogP contribution in [0.5, 0.6) is 0 Å². The zero-order valence-electron chi connectivity index (χ0n) is 8.52. The largest absolute Gasteiger partial charge is 0.376 e. The van der Waals surface area contributed by atoms with Crippen molar-refractivity contribution >= 4 is 11.3 Å². The Morgan fingerprint density at radius 3 is 2.77 bits per heavy atom. The molecule has 0 unspecified atom stereocenters. The van der Waals surface area contributed by atoms with Crippen LogP contribution in [0.2, 0.25) is 0 Å². The Hall–Kier alpha value is -0.380. The molecule has 2 nitrogen and oxygen atoms in total. The first-order valence-electron chi connectivity index (χ1n) is 4.52. The van der Waals surface area contributed by atoms with Gasteiger partial charge < -0.3 is 10.1 Å². The fourth-order valence-electron chi connectivity index (χ4n) is 1.30. The highest BCUT2D eigenvalue weighted by molar-refractivity contribution is 7.12. The molecule has 13 heavy (non-hydrogen) atoms. The summed E-state index contributed by atoms with van der Waals surface area (Å²) >= 11 is 1.91. The Balaban J connectivity index is 0.000000251. The summed E-state index contributed by atoms with van der Waals surface area (Å²) in [6, 6.07) is 2.24. The third-order valence-electron chi connectivity index (χ3n) is 1.75. The molecule has 0 amide bonds. The summed E-state index contributed by atoms with van der Waals surface area (Å²) in [6.45, 7) is 3.90. The highest BCUT2D eigenvalue weighted by Gasteiger charge is 2.11. The van der Waals surface area contributed by atoms with Crippen molar-refractivity contribution < 1.29 is 4.74 Å². The van der Waals surface area contributed by atoms with Crippen molar-refractivity contribution in [2.45, 2.75) is 20.0 Å². The third-order valence-corrected chi connectivity index (χ3v) is 2.90. The monoisotopic (exact) mass is 199 g/mol. The molecule has 1 aliphatic rings. The Kier molecular flexibility index (Phi) is 4.42. The van der Waals surface area contributed by atoms with E-state index >= 15 is 0 Å². The minimum absolute atomic E-state index is 0.833. The van der Waals surface area contributed by atoms with Crippen LogP contribution in [-0.4, -0.2) is 20.7 Å². The summed E-state index contributed by atoms with van der Waals surface area (Å²) in [6.07, 6.45) is 1.12. The smallest absolute Gasteiger partial charge is 0.0727 e. The molecule has 0 fully saturated rings. The van der Waals surface area contributed by atoms with Crippen LogP contribution in [0.25, 0.3) is 0 Å². The van der Waals surface area contributed by atoms with Crippen molar-refractivity contribution in [3.05, 3.63) is 21.4 Å². The van der Waals surface area contributed by atoms with Crippen molar-refractivity contribution in [2.24, 2.45) is 0 Å². The number of rotatable bonds is 0. The lowest BCUT2D eigenvalue weighted by Gasteiger charge is -2.10. The Morgan fingerprint density at radius 2 is 2.15 bits per heavy atom. The number of nitrogens with one attached hydrogen (secondary N) is 1. The van der Waals surface area contributed by atoms with Gasteiger partial charge in [-0.15, -0.1) is 11.3 Å². The van der Waals surface area contributed by atoms with Gasteiger partial charge in [0.05, 0.1) is 13.2 Å². The first kappa shape index (κ1) is 10.7. The molecular weight excluding hydrogens is 182 g/mol. The van der Waals surface area contributed by atoms with Gasteiger partial charge in [-0.2, -0.15) is 0 Å². The van der Waals surface area contributed by atoms with E-state index in [1.165, 1.54) is 15.3 Å². The molecule has 1 aliphatic heterocycles. The summed E-state index contributed by atoms with van der Waals surface area (Å²) in [4.78, 5) is 2.94. The number of hydrogen-bond acceptors (Lipinski definition) is 3. The molecule has 0 aliphatic carbocycles. The van der Waals surface area contributed by atoms with Gasteiger partial charge in [0.15, 0.2) is 0 Å². The molecule has 0 atom stereocenters. The maximum absolute atomic E-state index is 5.32. The van der Waals surface area contributed by atoms with Gasteiger partial charge in [0.25, 0.3) is 0 Å². The van der Waals surface area contributed by atoms with Crippen molar-refractivity contribution in [1.29, 1.82) is 0 Å². The van der Waals surface area contributed by atoms with Crippen LogP contribution in [-0.2, 0) is 17.8 Å². The third kappa shape index (κ3) is 3.10. The van der Waals surface area contributed by atoms with E-state index in [0.29, 0.717) is 0 Å². The van der Waals surface area contributed by atoms with Crippen LogP contribution < -0.4 is 5.32 Å². The van der Waals surface area contributed by atoms with E-state index in [-0.39, 0.29) is 0 Å². The summed E-state index contributed by atoms with van der Waals surface area (Å²) in [5, 5.41) is 2.75. The highest BCUT2D eigenvalue weighted by Crippen LogP contribution is 2.25. The van der Waals surface area contributed by atoms with E-state index in [1.54, 1.807) is 0 Å². The van der Waals surface area contributed by atoms with Gasteiger partial charge in [0.1, 0.15) is 0 Å². The number of thiophene rings is 1. The van der Waals surface area contributed by atoms with Crippen LogP contribution in [0.3, 0.4) is 0 Å². The number of ether oxygens (including phenoxy) is 1. The molecule has 0 bridgehead atoms. The number of hydrogen-bond donors (Lipinski definition) is 1. The van der Waals surface area contributed by atoms with Gasteiger partial charge in [-0.05, 0) is 32.6 Å². The summed E-state index contributed by atoms with van der Waals surface area (Å²) < 4.78 is 5.32. The van der Waals surface area contributed by atoms with E-state index < -0.39 is 0 Å². The van der Waals surface area contributed by atoms with Gasteiger partial charge in [-0.25, -0.2) is 0 Å². The molecule has 0 aromatic carbocycles. The van der Waals surface area contributed by atoms with Crippen LogP contribution in [0.15, 0.2) is 6.07 Å². The quantitative estimate of drug-likeness (QED) is 0.689. The molecule has 2 rings (SSSR count). The number of aryl methyl sites for hydroxylation is 1. The predicted molar refractivity (Wildman–Crippen MR) is 57.4 cm³/mol. The van der Waals surface area contributed by atoms with Crippen molar-refractivity contribution in [3.8, 4) is 0 Å². The second-order valence-electron chi connectivity index (χ2n) is 3.11. The molecule has 3 heteroatoms. The van der Waals surface area contributed by atoms with Crippen LogP contribution in [0.1, 0.15) is 15.3 Å². The van der Waals surface area contributed by atoms with E-state index in [4.69, 9.17) is 4.74 Å². The SMILES string of the molecule is CNC.Cc1cc2c(s1)CCOC2. The molecule has 1 aromatic rings. The summed E-state index contributed by atoms with van der Waals surface area (Å²) in [7, 11) is 3.75. The topological polar surface area (TPSA) is 21.3 Å². The zero-order valence-corrected chi connectivity index (χ0v) is 9.33. The lowest BCUT2D eigenvalue weighted by molar-refractivity contribution is 0.112. The maximum Gasteiger partial charge on any atom is 0.0727 e. The average Bonchev–Trinajstić information content (AvgIpc) is 2.45. The standard InChI is InChI=1S/C8H10OS.C2H7N/c1-6-4-7-5-9-3-2-8(7)10-6;1-3-2/h4H,2-3,5H2,1H3;3H,1-2H3. The molecule has 0 saturated heterocycles. The molecule has 2 heterocycles. The second kappa shape index (κ2) is 5.37. The van der Waals surface area contributed by atoms with Gasteiger partial charge in [-0.3, -0.25) is 0 Å². The molecule has 0 saturated carbocycles. The Morgan fingerprint density at radius 1 is 1.46 bits per heavy atom. The van der Waals surface area contributed by atoms with Gasteiger partial charge in [0, 0.05) is 16.2 Å². The van der Waals surface area contributed by atoms with E-state index in [2.05, 4.69) is 18.3 Å². The molecule has 1 N–H and O–H groups in total. The van der Waals surface area contributed by atoms with Gasteiger partial charge in [0.2, 0.25) is 0 Å². The predicted octanol–water partition coefficient (Wildman–Crippen LogP) is 1.96. The molecule has 1 aromatic heterocycles. The minimum atomic E-state index is 0.833. The normalized spacial score (nSPS) is 14.4. The van der Waals surface area contributed by atoms with Gasteiger partial charge >= 0.3 is 0 Å². The van der Waals surface area contributed by atoms with E-state index in [1.807, 2.05) is 25.4 Å². The molecule has 0 radical (unpaired) electrons. The minimum Gasteiger partial charge on any atom is -0.376 e. The average molecular weight is 199 g/mol. The molecule has 74 valence electrons. The lowest BCUT2D eigenvalue weighted by Crippen LogP contribution is -2.05. The van der Waals surface area contributed by atoms with Crippen molar-refractivity contribution in [1.82, 2.24) is 5.32 Å². The lowest BCUT2D eigenvalue weighted by atomic mass is 10.2. The maximum atomic E-state index is 5.32. The summed E-state index contributed by atoms with van der Waals surface area (Å²) in [5.74, 6) is 0. The van der Waals surface area contributed by atoms with Crippen LogP contribution in [0.4, 0.5) is 0 Å². The first-order chi connectivity index (χ1) is 6.27. The molecule has 0 spiro atoms. The fourth-order valence-corrected chi connectivity index (χ4v) is 2.32. The van der Waals surface area contributed by atoms with E-state index in [0.717, 1.165) is 19.6 Å². The summed E-state index contributed by atoms with van der Waals surface area (Å²) in [5.41, 5.74) is 1.41. The van der Waals surface area contributed by atoms with Crippen LogP contribution >= 0.6 is 11.3 Å². The number of fused-ring (bicyclic) bond motifs is 1. The fraction of sp³-hybridized carbons (Fsp3) is 0.600. The van der Waals surface area contributed by atoms with E-state index in [9.17, 15) is 0 Å². The Bertz CT molecular complexity index is 234. The highest BCUT2D eigenvalue weighted by atomic mass is 32.1. The second-order valence-corrected chi connectivity index (χ2v) is 4.45. The zero-order chi connectivity index (χ0) is 9.68. The molecular formula is C10H17NOS. The van der Waals surface area contributed by atoms with Crippen molar-refractivity contribution in [2.75, 3.05) is 20.7 Å². The van der Waals surface area contributed by atoms with Gasteiger partial charge in [-0.1, -0.05) is 0 Å².